The van der Waals surface area contributed by atoms with Crippen molar-refractivity contribution in [1.29, 1.82) is 5.26 Å². The predicted molar refractivity (Wildman–Crippen MR) is 81.6 cm³/mol. The van der Waals surface area contributed by atoms with Gasteiger partial charge in [-0.1, -0.05) is 32.0 Å². The van der Waals surface area contributed by atoms with Crippen LogP contribution in [0.15, 0.2) is 29.6 Å². The zero-order valence-electron chi connectivity index (χ0n) is 11.8. The van der Waals surface area contributed by atoms with Crippen LogP contribution in [0.1, 0.15) is 32.3 Å². The van der Waals surface area contributed by atoms with E-state index in [2.05, 4.69) is 23.6 Å². The van der Waals surface area contributed by atoms with Crippen LogP contribution in [0.25, 0.3) is 10.1 Å². The first kappa shape index (κ1) is 13.3. The highest BCUT2D eigenvalue weighted by Gasteiger charge is 2.52. The molecule has 1 heterocycles. The van der Waals surface area contributed by atoms with Gasteiger partial charge in [-0.05, 0) is 41.7 Å². The summed E-state index contributed by atoms with van der Waals surface area (Å²) in [5.74, 6) is 0.114. The molecule has 20 heavy (non-hydrogen) atoms. The highest BCUT2D eigenvalue weighted by Crippen LogP contribution is 2.48. The maximum atomic E-state index is 12.6. The van der Waals surface area contributed by atoms with Gasteiger partial charge in [-0.3, -0.25) is 4.79 Å². The molecule has 1 atom stereocenters. The predicted octanol–water partition coefficient (Wildman–Crippen LogP) is 4.34. The molecule has 0 aliphatic heterocycles. The third-order valence-corrected chi connectivity index (χ3v) is 5.51. The average Bonchev–Trinajstić information content (AvgIpc) is 2.95. The second-order valence-corrected chi connectivity index (χ2v) is 7.25. The number of Topliss-reactive ketones (excluding diaryl/α,β-unsaturated/α-hetero) is 1. The highest BCUT2D eigenvalue weighted by atomic mass is 32.1. The Morgan fingerprint density at radius 3 is 2.70 bits per heavy atom. The Kier molecular flexibility index (Phi) is 2.95. The van der Waals surface area contributed by atoms with Crippen LogP contribution in [0, 0.1) is 22.2 Å². The first-order chi connectivity index (χ1) is 9.48. The number of nitriles is 1. The Morgan fingerprint density at radius 2 is 2.05 bits per heavy atom. The Morgan fingerprint density at radius 1 is 1.30 bits per heavy atom. The van der Waals surface area contributed by atoms with Gasteiger partial charge in [0, 0.05) is 10.1 Å². The van der Waals surface area contributed by atoms with Gasteiger partial charge < -0.3 is 0 Å². The molecule has 1 aromatic carbocycles. The summed E-state index contributed by atoms with van der Waals surface area (Å²) in [6.45, 7) is 3.92. The molecule has 3 heteroatoms. The Hall–Kier alpha value is -1.66. The zero-order valence-corrected chi connectivity index (χ0v) is 12.6. The number of benzene rings is 1. The van der Waals surface area contributed by atoms with Gasteiger partial charge in [-0.25, -0.2) is 0 Å². The lowest BCUT2D eigenvalue weighted by Crippen LogP contribution is -2.33. The number of rotatable bonds is 2. The van der Waals surface area contributed by atoms with Gasteiger partial charge in [0.25, 0.3) is 0 Å². The van der Waals surface area contributed by atoms with Crippen molar-refractivity contribution in [2.24, 2.45) is 10.8 Å². The zero-order chi connectivity index (χ0) is 14.4. The van der Waals surface area contributed by atoms with E-state index in [1.807, 2.05) is 26.0 Å². The number of hydrogen-bond acceptors (Lipinski definition) is 3. The molecule has 1 aromatic heterocycles. The molecule has 102 valence electrons. The fourth-order valence-electron chi connectivity index (χ4n) is 3.21. The minimum Gasteiger partial charge on any atom is -0.297 e. The number of carbonyl (C=O) groups is 1. The third kappa shape index (κ3) is 1.87. The summed E-state index contributed by atoms with van der Waals surface area (Å²) in [4.78, 5) is 12.6. The van der Waals surface area contributed by atoms with Gasteiger partial charge in [0.1, 0.15) is 5.41 Å². The highest BCUT2D eigenvalue weighted by molar-refractivity contribution is 7.17. The number of carbonyl (C=O) groups excluding carboxylic acids is 1. The van der Waals surface area contributed by atoms with Crippen LogP contribution in [0.5, 0.6) is 0 Å². The molecular weight excluding hydrogens is 266 g/mol. The fraction of sp³-hybridized carbons (Fsp3) is 0.412. The Labute approximate surface area is 123 Å². The monoisotopic (exact) mass is 283 g/mol. The maximum absolute atomic E-state index is 12.6. The molecule has 2 nitrogen and oxygen atoms in total. The van der Waals surface area contributed by atoms with Crippen molar-refractivity contribution < 1.29 is 4.79 Å². The normalized spacial score (nSPS) is 24.9. The second kappa shape index (κ2) is 4.43. The van der Waals surface area contributed by atoms with E-state index in [0.717, 1.165) is 12.0 Å². The van der Waals surface area contributed by atoms with E-state index in [-0.39, 0.29) is 11.2 Å². The van der Waals surface area contributed by atoms with Crippen molar-refractivity contribution in [2.45, 2.75) is 33.1 Å². The van der Waals surface area contributed by atoms with E-state index in [4.69, 9.17) is 0 Å². The molecule has 0 amide bonds. The van der Waals surface area contributed by atoms with Gasteiger partial charge >= 0.3 is 0 Å². The average molecular weight is 283 g/mol. The molecule has 0 radical (unpaired) electrons. The van der Waals surface area contributed by atoms with Crippen LogP contribution in [-0.2, 0) is 11.2 Å². The Bertz CT molecular complexity index is 722. The lowest BCUT2D eigenvalue weighted by atomic mass is 9.77. The molecule has 3 rings (SSSR count). The van der Waals surface area contributed by atoms with Gasteiger partial charge in [-0.15, -0.1) is 11.3 Å². The van der Waals surface area contributed by atoms with E-state index < -0.39 is 5.41 Å². The van der Waals surface area contributed by atoms with Crippen LogP contribution in [0.4, 0.5) is 0 Å². The molecule has 0 spiro atoms. The summed E-state index contributed by atoms with van der Waals surface area (Å²) in [7, 11) is 0. The standard InChI is InChI=1S/C17H17NOS/c1-16(2)7-8-17(11-18,15(16)19)9-12-10-20-14-6-4-3-5-13(12)14/h3-6,10H,7-9H2,1-2H3. The van der Waals surface area contributed by atoms with Crippen molar-refractivity contribution >= 4 is 27.2 Å². The van der Waals surface area contributed by atoms with Crippen molar-refractivity contribution in [3.05, 3.63) is 35.2 Å². The van der Waals surface area contributed by atoms with Crippen molar-refractivity contribution in [1.82, 2.24) is 0 Å². The molecule has 2 aromatic rings. The summed E-state index contributed by atoms with van der Waals surface area (Å²) in [6, 6.07) is 10.5. The molecule has 1 saturated carbocycles. The summed E-state index contributed by atoms with van der Waals surface area (Å²) in [5.41, 5.74) is -0.0484. The SMILES string of the molecule is CC1(C)CCC(C#N)(Cc2csc3ccccc23)C1=O. The van der Waals surface area contributed by atoms with Gasteiger partial charge in [-0.2, -0.15) is 5.26 Å². The molecule has 1 aliphatic carbocycles. The molecular formula is C17H17NOS. The fourth-order valence-corrected chi connectivity index (χ4v) is 4.17. The smallest absolute Gasteiger partial charge is 0.158 e. The summed E-state index contributed by atoms with van der Waals surface area (Å²) in [5, 5.41) is 12.9. The number of fused-ring (bicyclic) bond motifs is 1. The lowest BCUT2D eigenvalue weighted by molar-refractivity contribution is -0.130. The first-order valence-corrected chi connectivity index (χ1v) is 7.78. The number of thiophene rings is 1. The molecule has 1 aliphatic rings. The minimum absolute atomic E-state index is 0.114. The molecule has 0 bridgehead atoms. The van der Waals surface area contributed by atoms with E-state index in [1.54, 1.807) is 11.3 Å². The number of nitrogens with zero attached hydrogens (tertiary/aromatic N) is 1. The minimum atomic E-state index is -0.826. The van der Waals surface area contributed by atoms with Crippen LogP contribution >= 0.6 is 11.3 Å². The van der Waals surface area contributed by atoms with Crippen molar-refractivity contribution in [3.8, 4) is 6.07 Å². The Balaban J connectivity index is 2.02. The van der Waals surface area contributed by atoms with Crippen molar-refractivity contribution in [3.63, 3.8) is 0 Å². The first-order valence-electron chi connectivity index (χ1n) is 6.90. The van der Waals surface area contributed by atoms with Crippen LogP contribution in [0.2, 0.25) is 0 Å². The molecule has 0 N–H and O–H groups in total. The molecule has 0 saturated heterocycles. The van der Waals surface area contributed by atoms with E-state index in [9.17, 15) is 10.1 Å². The largest absolute Gasteiger partial charge is 0.297 e. The molecule has 1 unspecified atom stereocenters. The van der Waals surface area contributed by atoms with E-state index in [0.29, 0.717) is 12.8 Å². The van der Waals surface area contributed by atoms with Gasteiger partial charge in [0.2, 0.25) is 0 Å². The number of hydrogen-bond donors (Lipinski definition) is 0. The van der Waals surface area contributed by atoms with Crippen molar-refractivity contribution in [2.75, 3.05) is 0 Å². The van der Waals surface area contributed by atoms with Crippen LogP contribution in [0.3, 0.4) is 0 Å². The molecule has 1 fully saturated rings. The summed E-state index contributed by atoms with van der Waals surface area (Å²) < 4.78 is 1.22. The number of ketones is 1. The topological polar surface area (TPSA) is 40.9 Å². The van der Waals surface area contributed by atoms with Crippen LogP contribution in [-0.4, -0.2) is 5.78 Å². The third-order valence-electron chi connectivity index (χ3n) is 4.49. The lowest BCUT2D eigenvalue weighted by Gasteiger charge is -2.22. The second-order valence-electron chi connectivity index (χ2n) is 6.34. The van der Waals surface area contributed by atoms with Crippen LogP contribution < -0.4 is 0 Å². The van der Waals surface area contributed by atoms with Gasteiger partial charge in [0.15, 0.2) is 5.78 Å². The summed E-state index contributed by atoms with van der Waals surface area (Å²) in [6.07, 6.45) is 2.04. The quantitative estimate of drug-likeness (QED) is 0.822. The maximum Gasteiger partial charge on any atom is 0.158 e. The summed E-state index contributed by atoms with van der Waals surface area (Å²) >= 11 is 1.69. The van der Waals surface area contributed by atoms with E-state index >= 15 is 0 Å². The van der Waals surface area contributed by atoms with Gasteiger partial charge in [0.05, 0.1) is 6.07 Å². The van der Waals surface area contributed by atoms with E-state index in [1.165, 1.54) is 10.1 Å².